The number of hydrogen-bond donors (Lipinski definition) is 1. The molecule has 0 saturated carbocycles. The van der Waals surface area contributed by atoms with Crippen molar-refractivity contribution in [1.82, 2.24) is 24.6 Å². The van der Waals surface area contributed by atoms with E-state index in [1.807, 2.05) is 36.0 Å². The lowest BCUT2D eigenvalue weighted by molar-refractivity contribution is 0.0600. The molecule has 42 heavy (non-hydrogen) atoms. The topological polar surface area (TPSA) is 92.4 Å². The number of methoxy groups -OCH3 is 1. The molecule has 9 nitrogen and oxygen atoms in total. The summed E-state index contributed by atoms with van der Waals surface area (Å²) in [6, 6.07) is 10.7. The molecule has 1 aliphatic rings. The molecular weight excluding hydrogens is 581 g/mol. The van der Waals surface area contributed by atoms with Crippen molar-refractivity contribution in [2.24, 2.45) is 7.05 Å². The molecule has 0 unspecified atom stereocenters. The second kappa shape index (κ2) is 11.7. The van der Waals surface area contributed by atoms with E-state index in [2.05, 4.69) is 15.4 Å². The van der Waals surface area contributed by atoms with E-state index < -0.39 is 17.9 Å². The number of aryl methyl sites for hydroxylation is 1. The zero-order valence-electron chi connectivity index (χ0n) is 23.3. The first-order valence-corrected chi connectivity index (χ1v) is 14.7. The number of nitrogens with zero attached hydrogens (tertiary/aromatic N) is 4. The lowest BCUT2D eigenvalue weighted by Crippen LogP contribution is -2.34. The van der Waals surface area contributed by atoms with Gasteiger partial charge in [0, 0.05) is 30.4 Å². The molecule has 1 saturated heterocycles. The Morgan fingerprint density at radius 2 is 2.00 bits per heavy atom. The maximum atomic E-state index is 14.8. The third kappa shape index (κ3) is 5.47. The molecule has 1 aliphatic heterocycles. The number of fused-ring (bicyclic) bond motifs is 1. The Kier molecular flexibility index (Phi) is 7.89. The van der Waals surface area contributed by atoms with Crippen LogP contribution in [-0.4, -0.2) is 51.6 Å². The smallest absolute Gasteiger partial charge is 0.351 e. The molecule has 4 heterocycles. The summed E-state index contributed by atoms with van der Waals surface area (Å²) >= 11 is 7.89. The van der Waals surface area contributed by atoms with Gasteiger partial charge in [-0.3, -0.25) is 9.25 Å². The van der Waals surface area contributed by atoms with Crippen LogP contribution in [0.4, 0.5) is 4.39 Å². The normalized spacial score (nSPS) is 14.7. The summed E-state index contributed by atoms with van der Waals surface area (Å²) in [6.07, 6.45) is 6.24. The van der Waals surface area contributed by atoms with Crippen molar-refractivity contribution in [1.29, 1.82) is 0 Å². The van der Waals surface area contributed by atoms with Crippen LogP contribution in [0.3, 0.4) is 0 Å². The molecule has 0 spiro atoms. The number of ether oxygens (including phenoxy) is 3. The van der Waals surface area contributed by atoms with E-state index in [0.29, 0.717) is 11.3 Å². The first kappa shape index (κ1) is 28.2. The van der Waals surface area contributed by atoms with Gasteiger partial charge in [0.2, 0.25) is 0 Å². The lowest BCUT2D eigenvalue weighted by atomic mass is 10.1. The minimum Gasteiger partial charge on any atom is -0.486 e. The van der Waals surface area contributed by atoms with Crippen molar-refractivity contribution in [3.05, 3.63) is 76.4 Å². The summed E-state index contributed by atoms with van der Waals surface area (Å²) in [4.78, 5) is 17.6. The van der Waals surface area contributed by atoms with Gasteiger partial charge in [0.25, 0.3) is 0 Å². The highest BCUT2D eigenvalue weighted by Crippen LogP contribution is 2.40. The van der Waals surface area contributed by atoms with Gasteiger partial charge in [-0.1, -0.05) is 23.7 Å². The van der Waals surface area contributed by atoms with Gasteiger partial charge in [-0.15, -0.1) is 11.3 Å². The fraction of sp³-hybridized carbons (Fsp3) is 0.300. The Morgan fingerprint density at radius 1 is 1.19 bits per heavy atom. The van der Waals surface area contributed by atoms with Crippen LogP contribution in [0, 0.1) is 5.82 Å². The van der Waals surface area contributed by atoms with Crippen LogP contribution in [0.25, 0.3) is 27.2 Å². The van der Waals surface area contributed by atoms with Gasteiger partial charge in [0.05, 0.1) is 29.4 Å². The van der Waals surface area contributed by atoms with E-state index in [1.54, 1.807) is 36.3 Å². The number of aromatic nitrogens is 4. The second-order valence-electron chi connectivity index (χ2n) is 10.1. The highest BCUT2D eigenvalue weighted by molar-refractivity contribution is 7.16. The van der Waals surface area contributed by atoms with Gasteiger partial charge >= 0.3 is 5.97 Å². The van der Waals surface area contributed by atoms with Crippen LogP contribution in [0.2, 0.25) is 5.02 Å². The quantitative estimate of drug-likeness (QED) is 0.205. The fourth-order valence-corrected chi connectivity index (χ4v) is 6.39. The molecule has 0 aliphatic carbocycles. The van der Waals surface area contributed by atoms with Crippen LogP contribution in [0.5, 0.6) is 11.5 Å². The number of rotatable bonds is 8. The number of halogens is 2. The number of thiophene rings is 1. The number of esters is 1. The molecule has 1 N–H and O–H groups in total. The maximum absolute atomic E-state index is 14.8. The fourth-order valence-electron chi connectivity index (χ4n) is 5.05. The predicted octanol–water partition coefficient (Wildman–Crippen LogP) is 6.34. The van der Waals surface area contributed by atoms with Crippen molar-refractivity contribution in [3.8, 4) is 27.6 Å². The summed E-state index contributed by atoms with van der Waals surface area (Å²) in [5.41, 5.74) is 4.19. The van der Waals surface area contributed by atoms with E-state index >= 15 is 0 Å². The van der Waals surface area contributed by atoms with Gasteiger partial charge in [0.1, 0.15) is 29.3 Å². The number of carbonyl (C=O) groups is 1. The molecule has 1 atom stereocenters. The molecule has 3 aromatic heterocycles. The minimum atomic E-state index is -0.624. The highest BCUT2D eigenvalue weighted by atomic mass is 35.5. The highest BCUT2D eigenvalue weighted by Gasteiger charge is 2.26. The third-order valence-corrected chi connectivity index (χ3v) is 8.76. The van der Waals surface area contributed by atoms with Gasteiger partial charge in [0.15, 0.2) is 16.4 Å². The molecular formula is C30H29ClFN5O4S. The Hall–Kier alpha value is -3.93. The Balaban J connectivity index is 1.30. The predicted molar refractivity (Wildman–Crippen MR) is 159 cm³/mol. The van der Waals surface area contributed by atoms with Crippen molar-refractivity contribution in [3.63, 3.8) is 0 Å². The number of piperidine rings is 1. The summed E-state index contributed by atoms with van der Waals surface area (Å²) < 4.78 is 35.7. The molecule has 6 rings (SSSR count). The van der Waals surface area contributed by atoms with Gasteiger partial charge < -0.3 is 19.5 Å². The third-order valence-electron chi connectivity index (χ3n) is 7.27. The van der Waals surface area contributed by atoms with Crippen molar-refractivity contribution < 1.29 is 23.4 Å². The Morgan fingerprint density at radius 3 is 2.74 bits per heavy atom. The largest absolute Gasteiger partial charge is 0.486 e. The first-order chi connectivity index (χ1) is 20.3. The van der Waals surface area contributed by atoms with Gasteiger partial charge in [-0.2, -0.15) is 5.10 Å². The molecule has 1 fully saturated rings. The summed E-state index contributed by atoms with van der Waals surface area (Å²) in [7, 11) is 3.20. The molecule has 218 valence electrons. The minimum absolute atomic E-state index is 0.0197. The maximum Gasteiger partial charge on any atom is 0.351 e. The standard InChI is InChI=1S/C30H29ClFN5O4S/c1-17(21-5-6-22(32)28(27(21)31)41-20-8-10-33-11-9-20)40-25-13-26(42-29(25)30(38)39-3)37-16-34-23-12-18(4-7-24(23)37)19-14-35-36(2)15-19/h4-7,12-17,20,33H,8-11H2,1-3H3/t17-/m1/s1. The van der Waals surface area contributed by atoms with E-state index in [4.69, 9.17) is 25.8 Å². The van der Waals surface area contributed by atoms with Gasteiger partial charge in [-0.05, 0) is 56.6 Å². The zero-order chi connectivity index (χ0) is 29.4. The van der Waals surface area contributed by atoms with Crippen molar-refractivity contribution >= 4 is 39.9 Å². The molecule has 2 aromatic carbocycles. The summed E-state index contributed by atoms with van der Waals surface area (Å²) in [5.74, 6) is -0.714. The van der Waals surface area contributed by atoms with E-state index in [9.17, 15) is 9.18 Å². The SMILES string of the molecule is COC(=O)c1sc(-n2cnc3cc(-c4cnn(C)c4)ccc32)cc1O[C@H](C)c1ccc(F)c(OC2CCNCC2)c1Cl. The Labute approximate surface area is 250 Å². The number of imidazole rings is 1. The van der Waals surface area contributed by atoms with Crippen LogP contribution in [0.1, 0.15) is 41.1 Å². The van der Waals surface area contributed by atoms with Crippen LogP contribution in [-0.2, 0) is 11.8 Å². The molecule has 5 aromatic rings. The first-order valence-electron chi connectivity index (χ1n) is 13.5. The van der Waals surface area contributed by atoms with Crippen LogP contribution < -0.4 is 14.8 Å². The average Bonchev–Trinajstić information content (AvgIpc) is 3.73. The summed E-state index contributed by atoms with van der Waals surface area (Å²) in [5, 5.41) is 8.38. The number of benzene rings is 2. The Bertz CT molecular complexity index is 1760. The molecule has 0 amide bonds. The monoisotopic (exact) mass is 609 g/mol. The lowest BCUT2D eigenvalue weighted by Gasteiger charge is -2.25. The van der Waals surface area contributed by atoms with E-state index in [0.717, 1.165) is 53.1 Å². The molecule has 12 heteroatoms. The van der Waals surface area contributed by atoms with Crippen molar-refractivity contribution in [2.45, 2.75) is 32.0 Å². The van der Waals surface area contributed by atoms with Gasteiger partial charge in [-0.25, -0.2) is 14.2 Å². The average molecular weight is 610 g/mol. The van der Waals surface area contributed by atoms with E-state index in [-0.39, 0.29) is 21.8 Å². The van der Waals surface area contributed by atoms with E-state index in [1.165, 1.54) is 24.5 Å². The van der Waals surface area contributed by atoms with Crippen LogP contribution in [0.15, 0.2) is 55.1 Å². The van der Waals surface area contributed by atoms with Crippen molar-refractivity contribution in [2.75, 3.05) is 20.2 Å². The van der Waals surface area contributed by atoms with Crippen LogP contribution >= 0.6 is 22.9 Å². The molecule has 0 radical (unpaired) electrons. The number of carbonyl (C=O) groups excluding carboxylic acids is 1. The number of nitrogens with one attached hydrogen (secondary N) is 1. The number of hydrogen-bond acceptors (Lipinski definition) is 8. The zero-order valence-corrected chi connectivity index (χ0v) is 24.8. The second-order valence-corrected chi connectivity index (χ2v) is 11.5. The summed E-state index contributed by atoms with van der Waals surface area (Å²) in [6.45, 7) is 3.40. The molecule has 0 bridgehead atoms.